The minimum absolute atomic E-state index is 0.231. The molecule has 2 rings (SSSR count). The van der Waals surface area contributed by atoms with Crippen molar-refractivity contribution in [3.8, 4) is 5.69 Å². The van der Waals surface area contributed by atoms with E-state index in [9.17, 15) is 9.28 Å². The van der Waals surface area contributed by atoms with Crippen molar-refractivity contribution in [2.75, 3.05) is 21.1 Å². The van der Waals surface area contributed by atoms with Crippen LogP contribution in [0.3, 0.4) is 0 Å². The van der Waals surface area contributed by atoms with Crippen molar-refractivity contribution in [3.63, 3.8) is 0 Å². The molecule has 1 aromatic carbocycles. The van der Waals surface area contributed by atoms with Gasteiger partial charge in [0.1, 0.15) is 5.60 Å². The zero-order valence-electron chi connectivity index (χ0n) is 18.7. The van der Waals surface area contributed by atoms with E-state index in [1.165, 1.54) is 35.5 Å². The summed E-state index contributed by atoms with van der Waals surface area (Å²) in [5.74, 6) is -0.238. The number of ether oxygens (including phenoxy) is 1. The number of aromatic nitrogens is 2. The van der Waals surface area contributed by atoms with Crippen LogP contribution in [0.15, 0.2) is 36.7 Å². The van der Waals surface area contributed by atoms with Crippen molar-refractivity contribution >= 4 is 28.8 Å². The normalized spacial score (nSPS) is 10.8. The van der Waals surface area contributed by atoms with Crippen molar-refractivity contribution in [3.05, 3.63) is 47.8 Å². The van der Waals surface area contributed by atoms with Gasteiger partial charge in [0.25, 0.3) is 0 Å². The molecule has 0 atom stereocenters. The molecule has 1 heterocycles. The van der Waals surface area contributed by atoms with Crippen LogP contribution in [0.2, 0.25) is 0 Å². The van der Waals surface area contributed by atoms with Crippen LogP contribution in [-0.4, -0.2) is 50.7 Å². The van der Waals surface area contributed by atoms with E-state index in [-0.39, 0.29) is 12.4 Å². The highest BCUT2D eigenvalue weighted by molar-refractivity contribution is 14.1. The SMILES string of the molecule is CC.CN(C)Cc1cccc(-n2cc(CC(=O)OC(C)(C)C)cn2)c1.CN(F)I. The zero-order valence-corrected chi connectivity index (χ0v) is 20.9. The molecular formula is C21H34FIN4O2. The van der Waals surface area contributed by atoms with Crippen LogP contribution in [0.25, 0.3) is 5.69 Å². The molecule has 8 heteroatoms. The third-order valence-corrected chi connectivity index (χ3v) is 3.08. The Morgan fingerprint density at radius 2 is 1.79 bits per heavy atom. The predicted molar refractivity (Wildman–Crippen MR) is 125 cm³/mol. The molecule has 2 aromatic rings. The van der Waals surface area contributed by atoms with Gasteiger partial charge in [0.05, 0.1) is 41.2 Å². The van der Waals surface area contributed by atoms with Gasteiger partial charge in [-0.25, -0.2) is 4.68 Å². The molecule has 0 saturated heterocycles. The topological polar surface area (TPSA) is 50.6 Å². The number of hydrogen-bond acceptors (Lipinski definition) is 5. The summed E-state index contributed by atoms with van der Waals surface area (Å²) in [6, 6.07) is 8.21. The molecule has 0 saturated carbocycles. The lowest BCUT2D eigenvalue weighted by Crippen LogP contribution is -2.24. The van der Waals surface area contributed by atoms with Gasteiger partial charge in [-0.1, -0.05) is 29.3 Å². The van der Waals surface area contributed by atoms with Crippen LogP contribution in [0.5, 0.6) is 0 Å². The monoisotopic (exact) mass is 520 g/mol. The number of hydrogen-bond donors (Lipinski definition) is 0. The molecular weight excluding hydrogens is 486 g/mol. The Bertz CT molecular complexity index is 725. The van der Waals surface area contributed by atoms with Crippen LogP contribution >= 0.6 is 22.9 Å². The Labute approximate surface area is 188 Å². The summed E-state index contributed by atoms with van der Waals surface area (Å²) in [5, 5.41) is 4.35. The highest BCUT2D eigenvalue weighted by Gasteiger charge is 2.17. The molecule has 0 bridgehead atoms. The minimum atomic E-state index is -0.465. The second-order valence-electron chi connectivity index (χ2n) is 7.37. The number of halogens is 2. The lowest BCUT2D eigenvalue weighted by atomic mass is 10.2. The van der Waals surface area contributed by atoms with E-state index in [1.807, 2.05) is 67.0 Å². The maximum Gasteiger partial charge on any atom is 0.310 e. The van der Waals surface area contributed by atoms with E-state index in [0.29, 0.717) is 3.34 Å². The van der Waals surface area contributed by atoms with Gasteiger partial charge in [-0.05, 0) is 52.6 Å². The van der Waals surface area contributed by atoms with Gasteiger partial charge in [-0.15, -0.1) is 4.48 Å². The molecule has 0 amide bonds. The zero-order chi connectivity index (χ0) is 22.6. The number of rotatable bonds is 5. The first-order valence-corrected chi connectivity index (χ1v) is 10.5. The standard InChI is InChI=1S/C18H25N3O2.C2H6.CH3FIN/c1-18(2,3)23-17(22)10-15-11-19-21(13-15)16-8-6-7-14(9-16)12-20(4)5;1-2;1-4(2)3/h6-9,11,13H,10,12H2,1-5H3;1-2H3;1H3. The Morgan fingerprint density at radius 1 is 1.21 bits per heavy atom. The van der Waals surface area contributed by atoms with Gasteiger partial charge in [0.15, 0.2) is 0 Å². The summed E-state index contributed by atoms with van der Waals surface area (Å²) >= 11 is 1.51. The molecule has 6 nitrogen and oxygen atoms in total. The van der Waals surface area contributed by atoms with E-state index in [0.717, 1.165) is 17.8 Å². The molecule has 1 aromatic heterocycles. The van der Waals surface area contributed by atoms with Crippen molar-refractivity contribution in [1.82, 2.24) is 18.0 Å². The number of benzene rings is 1. The van der Waals surface area contributed by atoms with E-state index in [2.05, 4.69) is 22.1 Å². The molecule has 0 aliphatic heterocycles. The van der Waals surface area contributed by atoms with Gasteiger partial charge in [0.2, 0.25) is 0 Å². The Morgan fingerprint density at radius 3 is 2.31 bits per heavy atom. The quantitative estimate of drug-likeness (QED) is 0.316. The fourth-order valence-corrected chi connectivity index (χ4v) is 2.30. The summed E-state index contributed by atoms with van der Waals surface area (Å²) in [4.78, 5) is 14.0. The summed E-state index contributed by atoms with van der Waals surface area (Å²) in [6.07, 6.45) is 3.82. The molecule has 0 aliphatic carbocycles. The first-order valence-electron chi connectivity index (χ1n) is 9.51. The van der Waals surface area contributed by atoms with Crippen LogP contribution in [0.4, 0.5) is 4.48 Å². The van der Waals surface area contributed by atoms with Crippen molar-refractivity contribution in [2.45, 2.75) is 53.2 Å². The van der Waals surface area contributed by atoms with Gasteiger partial charge in [0, 0.05) is 25.4 Å². The second-order valence-corrected chi connectivity index (χ2v) is 8.70. The Kier molecular flexibility index (Phi) is 12.9. The molecule has 0 radical (unpaired) electrons. The maximum atomic E-state index is 11.9. The third kappa shape index (κ3) is 13.3. The van der Waals surface area contributed by atoms with Gasteiger partial charge >= 0.3 is 5.97 Å². The van der Waals surface area contributed by atoms with Gasteiger partial charge < -0.3 is 9.64 Å². The average molecular weight is 520 g/mol. The number of nitrogens with zero attached hydrogens (tertiary/aromatic N) is 4. The average Bonchev–Trinajstić information content (AvgIpc) is 3.02. The molecule has 29 heavy (non-hydrogen) atoms. The molecule has 0 fully saturated rings. The van der Waals surface area contributed by atoms with Crippen LogP contribution in [0, 0.1) is 0 Å². The first kappa shape index (κ1) is 27.5. The second kappa shape index (κ2) is 13.7. The maximum absolute atomic E-state index is 11.9. The molecule has 0 aliphatic rings. The predicted octanol–water partition coefficient (Wildman–Crippen LogP) is 5.00. The van der Waals surface area contributed by atoms with Gasteiger partial charge in [-0.2, -0.15) is 5.10 Å². The fraction of sp³-hybridized carbons (Fsp3) is 0.524. The van der Waals surface area contributed by atoms with Crippen LogP contribution in [0.1, 0.15) is 45.7 Å². The van der Waals surface area contributed by atoms with E-state index >= 15 is 0 Å². The largest absolute Gasteiger partial charge is 0.460 e. The highest BCUT2D eigenvalue weighted by atomic mass is 127. The highest BCUT2D eigenvalue weighted by Crippen LogP contribution is 2.14. The number of carbonyl (C=O) groups is 1. The van der Waals surface area contributed by atoms with Gasteiger partial charge in [-0.3, -0.25) is 4.79 Å². The summed E-state index contributed by atoms with van der Waals surface area (Å²) in [5.41, 5.74) is 2.59. The number of esters is 1. The lowest BCUT2D eigenvalue weighted by molar-refractivity contribution is -0.153. The smallest absolute Gasteiger partial charge is 0.310 e. The Balaban J connectivity index is 0.00000116. The van der Waals surface area contributed by atoms with Crippen LogP contribution in [-0.2, 0) is 22.5 Å². The van der Waals surface area contributed by atoms with Crippen molar-refractivity contribution in [2.24, 2.45) is 0 Å². The molecule has 0 N–H and O–H groups in total. The number of carbonyl (C=O) groups excluding carboxylic acids is 1. The molecule has 0 unspecified atom stereocenters. The third-order valence-electron chi connectivity index (χ3n) is 3.08. The first-order chi connectivity index (χ1) is 13.5. The summed E-state index contributed by atoms with van der Waals surface area (Å²) < 4.78 is 18.4. The minimum Gasteiger partial charge on any atom is -0.460 e. The van der Waals surface area contributed by atoms with Crippen molar-refractivity contribution < 1.29 is 14.0 Å². The fourth-order valence-electron chi connectivity index (χ4n) is 2.30. The van der Waals surface area contributed by atoms with Crippen LogP contribution < -0.4 is 0 Å². The van der Waals surface area contributed by atoms with E-state index in [4.69, 9.17) is 4.74 Å². The lowest BCUT2D eigenvalue weighted by Gasteiger charge is -2.19. The molecule has 0 spiro atoms. The summed E-state index contributed by atoms with van der Waals surface area (Å²) in [6.45, 7) is 10.5. The molecule has 164 valence electrons. The van der Waals surface area contributed by atoms with E-state index < -0.39 is 5.60 Å². The van der Waals surface area contributed by atoms with Crippen molar-refractivity contribution in [1.29, 1.82) is 0 Å². The van der Waals surface area contributed by atoms with E-state index in [1.54, 1.807) is 10.9 Å². The summed E-state index contributed by atoms with van der Waals surface area (Å²) in [7, 11) is 5.40. The Hall–Kier alpha value is -1.52.